The standard InChI is InChI=1S/C70H47NO2/c1-45(51-36-41-58-57-27-10-13-31-61(57)70(64(58)44-51)62-42-37-48-22-6-8-25-55(48)68(62)73-69-56-26-9-7-23-49(56)38-43-63(69)70)18-16-19-46(2)71(65-32-14-11-24-53(65)47-20-4-3-5-21-47)52-39-34-50(35-40-52)54-29-17-30-60-59-28-12-15-33-66(59)72-67(54)60/h3-44H,1H2,2H3/b18-16-,46-19+. The lowest BCUT2D eigenvalue weighted by atomic mass is 9.65. The second-order valence-corrected chi connectivity index (χ2v) is 19.2. The molecule has 0 N–H and O–H groups in total. The predicted molar refractivity (Wildman–Crippen MR) is 304 cm³/mol. The van der Waals surface area contributed by atoms with Crippen LogP contribution in [0.25, 0.3) is 82.4 Å². The Balaban J connectivity index is 0.869. The minimum atomic E-state index is -0.639. The lowest BCUT2D eigenvalue weighted by molar-refractivity contribution is 0.447. The van der Waals surface area contributed by atoms with Crippen molar-refractivity contribution in [2.45, 2.75) is 12.3 Å². The van der Waals surface area contributed by atoms with Gasteiger partial charge in [0.25, 0.3) is 0 Å². The van der Waals surface area contributed by atoms with Gasteiger partial charge in [0.2, 0.25) is 0 Å². The summed E-state index contributed by atoms with van der Waals surface area (Å²) >= 11 is 0. The lowest BCUT2D eigenvalue weighted by Gasteiger charge is -2.40. The fourth-order valence-electron chi connectivity index (χ4n) is 11.9. The summed E-state index contributed by atoms with van der Waals surface area (Å²) in [4.78, 5) is 2.35. The molecule has 3 nitrogen and oxygen atoms in total. The van der Waals surface area contributed by atoms with Crippen molar-refractivity contribution in [3.05, 3.63) is 295 Å². The van der Waals surface area contributed by atoms with E-state index in [4.69, 9.17) is 15.7 Å². The van der Waals surface area contributed by atoms with Crippen molar-refractivity contribution < 1.29 is 9.15 Å². The molecule has 0 unspecified atom stereocenters. The molecular formula is C70H47NO2. The van der Waals surface area contributed by atoms with E-state index in [1.165, 1.54) is 22.3 Å². The summed E-state index contributed by atoms with van der Waals surface area (Å²) in [5.41, 5.74) is 18.0. The van der Waals surface area contributed by atoms with Crippen LogP contribution in [0.15, 0.2) is 272 Å². The molecule has 2 aliphatic rings. The van der Waals surface area contributed by atoms with Gasteiger partial charge < -0.3 is 14.1 Å². The molecule has 0 saturated carbocycles. The summed E-state index contributed by atoms with van der Waals surface area (Å²) in [6.07, 6.45) is 6.48. The van der Waals surface area contributed by atoms with Gasteiger partial charge in [0, 0.05) is 55.2 Å². The quantitative estimate of drug-likeness (QED) is 0.142. The minimum Gasteiger partial charge on any atom is -0.455 e. The van der Waals surface area contributed by atoms with Gasteiger partial charge in [-0.3, -0.25) is 0 Å². The van der Waals surface area contributed by atoms with E-state index in [1.54, 1.807) is 0 Å². The highest BCUT2D eigenvalue weighted by atomic mass is 16.5. The van der Waals surface area contributed by atoms with E-state index in [-0.39, 0.29) is 0 Å². The van der Waals surface area contributed by atoms with Gasteiger partial charge in [-0.1, -0.05) is 225 Å². The number of rotatable bonds is 8. The Labute approximate surface area is 424 Å². The average Bonchev–Trinajstić information content (AvgIpc) is 3.99. The van der Waals surface area contributed by atoms with Gasteiger partial charge in [0.05, 0.1) is 11.1 Å². The number of hydrogen-bond donors (Lipinski definition) is 0. The van der Waals surface area contributed by atoms with Gasteiger partial charge in [0.1, 0.15) is 22.7 Å². The molecular weight excluding hydrogens is 887 g/mol. The van der Waals surface area contributed by atoms with Crippen molar-refractivity contribution in [2.75, 3.05) is 4.90 Å². The number of hydrogen-bond acceptors (Lipinski definition) is 3. The van der Waals surface area contributed by atoms with Gasteiger partial charge >= 0.3 is 0 Å². The monoisotopic (exact) mass is 933 g/mol. The van der Waals surface area contributed by atoms with Gasteiger partial charge in [-0.2, -0.15) is 0 Å². The second kappa shape index (κ2) is 16.9. The van der Waals surface area contributed by atoms with Gasteiger partial charge in [0.15, 0.2) is 0 Å². The van der Waals surface area contributed by atoms with Crippen LogP contribution in [0.5, 0.6) is 11.5 Å². The topological polar surface area (TPSA) is 25.6 Å². The van der Waals surface area contributed by atoms with Crippen LogP contribution in [0, 0.1) is 0 Å². The van der Waals surface area contributed by atoms with Gasteiger partial charge in [-0.05, 0) is 98.6 Å². The number of ether oxygens (including phenoxy) is 1. The van der Waals surface area contributed by atoms with Crippen LogP contribution in [0.3, 0.4) is 0 Å². The third-order valence-corrected chi connectivity index (χ3v) is 15.2. The maximum absolute atomic E-state index is 7.20. The molecule has 73 heavy (non-hydrogen) atoms. The molecule has 0 amide bonds. The molecule has 0 atom stereocenters. The smallest absolute Gasteiger partial charge is 0.143 e. The van der Waals surface area contributed by atoms with E-state index in [2.05, 4.69) is 255 Å². The van der Waals surface area contributed by atoms with Crippen LogP contribution in [-0.2, 0) is 5.41 Å². The second-order valence-electron chi connectivity index (χ2n) is 19.2. The average molecular weight is 934 g/mol. The molecule has 14 rings (SSSR count). The molecule has 1 aromatic heterocycles. The fraction of sp³-hybridized carbons (Fsp3) is 0.0286. The Morgan fingerprint density at radius 2 is 1.05 bits per heavy atom. The highest BCUT2D eigenvalue weighted by molar-refractivity contribution is 6.09. The van der Waals surface area contributed by atoms with Crippen molar-refractivity contribution in [1.82, 2.24) is 0 Å². The molecule has 1 aliphatic carbocycles. The normalized spacial score (nSPS) is 13.3. The first-order valence-corrected chi connectivity index (χ1v) is 25.0. The zero-order valence-electron chi connectivity index (χ0n) is 40.2. The maximum Gasteiger partial charge on any atom is 0.143 e. The van der Waals surface area contributed by atoms with E-state index in [1.807, 2.05) is 12.1 Å². The highest BCUT2D eigenvalue weighted by Crippen LogP contribution is 2.64. The predicted octanol–water partition coefficient (Wildman–Crippen LogP) is 19.0. The van der Waals surface area contributed by atoms with Crippen LogP contribution < -0.4 is 9.64 Å². The zero-order valence-corrected chi connectivity index (χ0v) is 40.2. The number of fused-ring (bicyclic) bond motifs is 16. The Morgan fingerprint density at radius 1 is 0.466 bits per heavy atom. The van der Waals surface area contributed by atoms with Crippen molar-refractivity contribution in [1.29, 1.82) is 0 Å². The van der Waals surface area contributed by atoms with E-state index in [0.29, 0.717) is 0 Å². The van der Waals surface area contributed by atoms with E-state index in [0.717, 1.165) is 117 Å². The molecule has 0 saturated heterocycles. The Hall–Kier alpha value is -9.44. The Bertz CT molecular complexity index is 4180. The minimum absolute atomic E-state index is 0.639. The van der Waals surface area contributed by atoms with Crippen molar-refractivity contribution in [2.24, 2.45) is 0 Å². The molecule has 0 bridgehead atoms. The summed E-state index contributed by atoms with van der Waals surface area (Å²) in [5.74, 6) is 1.82. The number of allylic oxidation sites excluding steroid dienone is 5. The van der Waals surface area contributed by atoms with E-state index in [9.17, 15) is 0 Å². The molecule has 3 heteroatoms. The van der Waals surface area contributed by atoms with E-state index < -0.39 is 5.41 Å². The summed E-state index contributed by atoms with van der Waals surface area (Å²) < 4.78 is 13.7. The van der Waals surface area contributed by atoms with Crippen molar-refractivity contribution in [3.8, 4) is 44.9 Å². The molecule has 0 fully saturated rings. The molecule has 1 spiro atoms. The van der Waals surface area contributed by atoms with Crippen LogP contribution in [0.4, 0.5) is 11.4 Å². The number of para-hydroxylation sites is 3. The van der Waals surface area contributed by atoms with Gasteiger partial charge in [-0.25, -0.2) is 0 Å². The Kier molecular flexibility index (Phi) is 9.81. The molecule has 1 aliphatic heterocycles. The van der Waals surface area contributed by atoms with Crippen LogP contribution in [0.2, 0.25) is 0 Å². The summed E-state index contributed by atoms with van der Waals surface area (Å²) in [6.45, 7) is 6.91. The first-order chi connectivity index (χ1) is 36.0. The molecule has 0 radical (unpaired) electrons. The molecule has 344 valence electrons. The Morgan fingerprint density at radius 3 is 1.81 bits per heavy atom. The van der Waals surface area contributed by atoms with Gasteiger partial charge in [-0.15, -0.1) is 0 Å². The van der Waals surface area contributed by atoms with Crippen LogP contribution in [0.1, 0.15) is 34.7 Å². The zero-order chi connectivity index (χ0) is 48.6. The first-order valence-electron chi connectivity index (χ1n) is 25.0. The van der Waals surface area contributed by atoms with Crippen molar-refractivity contribution >= 4 is 60.4 Å². The van der Waals surface area contributed by atoms with Crippen molar-refractivity contribution in [3.63, 3.8) is 0 Å². The number of furan rings is 1. The first kappa shape index (κ1) is 42.4. The van der Waals surface area contributed by atoms with E-state index >= 15 is 0 Å². The maximum atomic E-state index is 7.20. The third kappa shape index (κ3) is 6.59. The molecule has 11 aromatic carbocycles. The number of anilines is 2. The third-order valence-electron chi connectivity index (χ3n) is 15.2. The number of nitrogens with zero attached hydrogens (tertiary/aromatic N) is 1. The lowest BCUT2D eigenvalue weighted by Crippen LogP contribution is -2.32. The fourth-order valence-corrected chi connectivity index (χ4v) is 11.9. The largest absolute Gasteiger partial charge is 0.455 e. The molecule has 2 heterocycles. The van der Waals surface area contributed by atoms with Crippen LogP contribution >= 0.6 is 0 Å². The van der Waals surface area contributed by atoms with Crippen LogP contribution in [-0.4, -0.2) is 0 Å². The summed E-state index contributed by atoms with van der Waals surface area (Å²) in [7, 11) is 0. The summed E-state index contributed by atoms with van der Waals surface area (Å²) in [6, 6.07) is 84.9. The number of benzene rings is 11. The highest BCUT2D eigenvalue weighted by Gasteiger charge is 2.52. The molecule has 12 aromatic rings. The summed E-state index contributed by atoms with van der Waals surface area (Å²) in [5, 5.41) is 6.75. The SMILES string of the molecule is C=C(/C=C\C=C(/C)N(c1ccc(-c2cccc3c2oc2ccccc23)cc1)c1ccccc1-c1ccccc1)c1ccc2c(c1)C1(c3ccccc3-2)c2ccc3ccccc3c2Oc2c1ccc1ccccc21.